The number of carbonyl (C=O) groups excluding carboxylic acids is 1. The molecule has 7 heteroatoms. The summed E-state index contributed by atoms with van der Waals surface area (Å²) in [5.41, 5.74) is 3.83. The third-order valence-corrected chi connectivity index (χ3v) is 3.66. The third-order valence-electron chi connectivity index (χ3n) is 3.43. The fourth-order valence-corrected chi connectivity index (χ4v) is 2.48. The summed E-state index contributed by atoms with van der Waals surface area (Å²) < 4.78 is 1.42. The monoisotopic (exact) mass is 327 g/mol. The minimum atomic E-state index is -0.273. The first-order chi connectivity index (χ1) is 11.0. The summed E-state index contributed by atoms with van der Waals surface area (Å²) in [4.78, 5) is 12.7. The van der Waals surface area contributed by atoms with Gasteiger partial charge in [0.2, 0.25) is 0 Å². The van der Waals surface area contributed by atoms with Crippen molar-refractivity contribution in [2.24, 2.45) is 0 Å². The van der Waals surface area contributed by atoms with Gasteiger partial charge in [-0.05, 0) is 54.1 Å². The highest BCUT2D eigenvalue weighted by molar-refractivity contribution is 6.31. The molecule has 0 aliphatic carbocycles. The number of rotatable bonds is 3. The van der Waals surface area contributed by atoms with Gasteiger partial charge in [0.05, 0.1) is 11.3 Å². The van der Waals surface area contributed by atoms with Crippen LogP contribution in [-0.4, -0.2) is 26.1 Å². The average molecular weight is 328 g/mol. The highest BCUT2D eigenvalue weighted by Crippen LogP contribution is 2.22. The van der Waals surface area contributed by atoms with Gasteiger partial charge in [0.25, 0.3) is 5.91 Å². The first-order valence-corrected chi connectivity index (χ1v) is 7.34. The van der Waals surface area contributed by atoms with Gasteiger partial charge in [0.15, 0.2) is 0 Å². The molecule has 1 heterocycles. The fraction of sp³-hybridized carbons (Fsp3) is 0.125. The smallest absolute Gasteiger partial charge is 0.257 e. The lowest BCUT2D eigenvalue weighted by Gasteiger charge is -2.12. The van der Waals surface area contributed by atoms with Crippen LogP contribution in [-0.2, 0) is 0 Å². The zero-order valence-electron chi connectivity index (χ0n) is 12.6. The molecule has 0 spiro atoms. The summed E-state index contributed by atoms with van der Waals surface area (Å²) >= 11 is 6.04. The van der Waals surface area contributed by atoms with Gasteiger partial charge in [-0.15, -0.1) is 5.10 Å². The number of anilines is 1. The highest BCUT2D eigenvalue weighted by atomic mass is 35.5. The number of nitrogens with one attached hydrogen (secondary N) is 1. The molecule has 0 bridgehead atoms. The Morgan fingerprint density at radius 3 is 2.70 bits per heavy atom. The van der Waals surface area contributed by atoms with Crippen molar-refractivity contribution in [3.05, 3.63) is 64.4 Å². The van der Waals surface area contributed by atoms with E-state index < -0.39 is 0 Å². The maximum Gasteiger partial charge on any atom is 0.257 e. The Morgan fingerprint density at radius 2 is 2.00 bits per heavy atom. The van der Waals surface area contributed by atoms with Gasteiger partial charge in [0, 0.05) is 10.7 Å². The molecule has 1 N–H and O–H groups in total. The fourth-order valence-electron chi connectivity index (χ4n) is 2.31. The van der Waals surface area contributed by atoms with Gasteiger partial charge in [-0.25, -0.2) is 0 Å². The molecule has 0 saturated heterocycles. The van der Waals surface area contributed by atoms with Crippen LogP contribution < -0.4 is 5.32 Å². The summed E-state index contributed by atoms with van der Waals surface area (Å²) in [5.74, 6) is -0.273. The molecule has 0 fully saturated rings. The van der Waals surface area contributed by atoms with Crippen LogP contribution in [0.4, 0.5) is 5.69 Å². The topological polar surface area (TPSA) is 72.7 Å². The Bertz CT molecular complexity index is 861. The number of amides is 1. The number of aromatic nitrogens is 4. The first kappa shape index (κ1) is 15.2. The van der Waals surface area contributed by atoms with Crippen molar-refractivity contribution in [1.29, 1.82) is 0 Å². The summed E-state index contributed by atoms with van der Waals surface area (Å²) in [7, 11) is 0. The molecule has 2 aromatic carbocycles. The molecule has 0 unspecified atom stereocenters. The maximum absolute atomic E-state index is 12.7. The Kier molecular flexibility index (Phi) is 4.08. The second kappa shape index (κ2) is 6.18. The van der Waals surface area contributed by atoms with Gasteiger partial charge in [-0.2, -0.15) is 4.68 Å². The predicted octanol–water partition coefficient (Wildman–Crippen LogP) is 3.18. The molecule has 116 valence electrons. The Hall–Kier alpha value is -2.73. The zero-order chi connectivity index (χ0) is 16.4. The van der Waals surface area contributed by atoms with Crippen LogP contribution >= 0.6 is 11.6 Å². The first-order valence-electron chi connectivity index (χ1n) is 6.96. The van der Waals surface area contributed by atoms with Gasteiger partial charge in [-0.1, -0.05) is 29.3 Å². The van der Waals surface area contributed by atoms with E-state index in [1.165, 1.54) is 11.0 Å². The van der Waals surface area contributed by atoms with Crippen molar-refractivity contribution in [1.82, 2.24) is 20.2 Å². The largest absolute Gasteiger partial charge is 0.322 e. The SMILES string of the molecule is Cc1ccc(NC(=O)c2cc(Cl)ccc2-n2cnnn2)c(C)c1. The predicted molar refractivity (Wildman–Crippen MR) is 88.0 cm³/mol. The molecule has 0 atom stereocenters. The lowest BCUT2D eigenvalue weighted by atomic mass is 10.1. The van der Waals surface area contributed by atoms with Crippen LogP contribution in [0, 0.1) is 13.8 Å². The summed E-state index contributed by atoms with van der Waals surface area (Å²) in [6, 6.07) is 10.8. The molecule has 3 rings (SSSR count). The van der Waals surface area contributed by atoms with Crippen LogP contribution in [0.15, 0.2) is 42.7 Å². The van der Waals surface area contributed by atoms with Gasteiger partial charge in [-0.3, -0.25) is 4.79 Å². The van der Waals surface area contributed by atoms with Crippen LogP contribution in [0.1, 0.15) is 21.5 Å². The summed E-state index contributed by atoms with van der Waals surface area (Å²) in [5, 5.41) is 14.4. The number of hydrogen-bond donors (Lipinski definition) is 1. The van der Waals surface area contributed by atoms with Crippen molar-refractivity contribution in [3.8, 4) is 5.69 Å². The Labute approximate surface area is 138 Å². The normalized spacial score (nSPS) is 10.6. The lowest BCUT2D eigenvalue weighted by Crippen LogP contribution is -2.16. The second-order valence-corrected chi connectivity index (χ2v) is 5.62. The summed E-state index contributed by atoms with van der Waals surface area (Å²) in [6.45, 7) is 3.95. The van der Waals surface area contributed by atoms with Gasteiger partial charge in [0.1, 0.15) is 6.33 Å². The molecule has 6 nitrogen and oxygen atoms in total. The van der Waals surface area contributed by atoms with Gasteiger partial charge >= 0.3 is 0 Å². The minimum Gasteiger partial charge on any atom is -0.322 e. The van der Waals surface area contributed by atoms with Crippen molar-refractivity contribution in [2.75, 3.05) is 5.32 Å². The van der Waals surface area contributed by atoms with E-state index >= 15 is 0 Å². The number of nitrogens with zero attached hydrogens (tertiary/aromatic N) is 4. The molecular formula is C16H14ClN5O. The van der Waals surface area contributed by atoms with E-state index in [9.17, 15) is 4.79 Å². The minimum absolute atomic E-state index is 0.273. The number of aryl methyl sites for hydroxylation is 2. The van der Waals surface area contributed by atoms with Crippen molar-refractivity contribution < 1.29 is 4.79 Å². The van der Waals surface area contributed by atoms with E-state index in [0.29, 0.717) is 16.3 Å². The number of hydrogen-bond acceptors (Lipinski definition) is 4. The van der Waals surface area contributed by atoms with Gasteiger partial charge < -0.3 is 5.32 Å². The molecule has 23 heavy (non-hydrogen) atoms. The Balaban J connectivity index is 1.97. The molecule has 0 aliphatic rings. The van der Waals surface area contributed by atoms with Crippen LogP contribution in [0.3, 0.4) is 0 Å². The van der Waals surface area contributed by atoms with Crippen LogP contribution in [0.5, 0.6) is 0 Å². The number of halogens is 1. The summed E-state index contributed by atoms with van der Waals surface area (Å²) in [6.07, 6.45) is 1.43. The number of benzene rings is 2. The molecular weight excluding hydrogens is 314 g/mol. The maximum atomic E-state index is 12.7. The van der Waals surface area contributed by atoms with E-state index in [2.05, 4.69) is 20.8 Å². The average Bonchev–Trinajstić information content (AvgIpc) is 3.04. The van der Waals surface area contributed by atoms with Crippen molar-refractivity contribution >= 4 is 23.2 Å². The number of tetrazole rings is 1. The highest BCUT2D eigenvalue weighted by Gasteiger charge is 2.15. The molecule has 1 amide bonds. The molecule has 1 aromatic heterocycles. The third kappa shape index (κ3) is 3.22. The molecule has 3 aromatic rings. The Morgan fingerprint density at radius 1 is 1.17 bits per heavy atom. The van der Waals surface area contributed by atoms with E-state index in [0.717, 1.165) is 16.8 Å². The molecule has 0 aliphatic heterocycles. The van der Waals surface area contributed by atoms with E-state index in [4.69, 9.17) is 11.6 Å². The van der Waals surface area contributed by atoms with E-state index in [1.807, 2.05) is 32.0 Å². The van der Waals surface area contributed by atoms with E-state index in [-0.39, 0.29) is 5.91 Å². The lowest BCUT2D eigenvalue weighted by molar-refractivity contribution is 0.102. The van der Waals surface area contributed by atoms with Crippen molar-refractivity contribution in [2.45, 2.75) is 13.8 Å². The van der Waals surface area contributed by atoms with Crippen molar-refractivity contribution in [3.63, 3.8) is 0 Å². The zero-order valence-corrected chi connectivity index (χ0v) is 13.4. The second-order valence-electron chi connectivity index (χ2n) is 5.19. The molecule has 0 radical (unpaired) electrons. The van der Waals surface area contributed by atoms with E-state index in [1.54, 1.807) is 18.2 Å². The van der Waals surface area contributed by atoms with Crippen LogP contribution in [0.2, 0.25) is 5.02 Å². The number of carbonyl (C=O) groups is 1. The standard InChI is InChI=1S/C16H14ClN5O/c1-10-3-5-14(11(2)7-10)19-16(23)13-8-12(17)4-6-15(13)22-9-18-20-21-22/h3-9H,1-2H3,(H,19,23). The molecule has 0 saturated carbocycles. The van der Waals surface area contributed by atoms with Crippen LogP contribution in [0.25, 0.3) is 5.69 Å². The quantitative estimate of drug-likeness (QED) is 0.802.